The van der Waals surface area contributed by atoms with E-state index in [2.05, 4.69) is 10.2 Å². The van der Waals surface area contributed by atoms with Crippen LogP contribution < -0.4 is 5.73 Å². The Kier molecular flexibility index (Phi) is 4.56. The van der Waals surface area contributed by atoms with Crippen molar-refractivity contribution in [2.45, 2.75) is 11.7 Å². The Hall–Kier alpha value is -1.28. The molecular weight excluding hydrogens is 230 g/mol. The molecule has 0 aliphatic heterocycles. The van der Waals surface area contributed by atoms with Gasteiger partial charge in [0.2, 0.25) is 5.95 Å². The van der Waals surface area contributed by atoms with Crippen LogP contribution in [0.15, 0.2) is 5.16 Å². The second-order valence-corrected chi connectivity index (χ2v) is 4.42. The first-order chi connectivity index (χ1) is 7.50. The zero-order valence-electron chi connectivity index (χ0n) is 9.25. The monoisotopic (exact) mass is 245 g/mol. The van der Waals surface area contributed by atoms with Gasteiger partial charge in [0.25, 0.3) is 0 Å². The van der Waals surface area contributed by atoms with Gasteiger partial charge in [-0.05, 0) is 14.1 Å². The third-order valence-electron chi connectivity index (χ3n) is 1.84. The van der Waals surface area contributed by atoms with Crippen LogP contribution in [0.3, 0.4) is 0 Å². The molecule has 0 fully saturated rings. The maximum absolute atomic E-state index is 10.4. The van der Waals surface area contributed by atoms with Crippen LogP contribution in [0.25, 0.3) is 0 Å². The van der Waals surface area contributed by atoms with Crippen molar-refractivity contribution in [1.29, 1.82) is 0 Å². The number of nitrogens with two attached hydrogens (primary N) is 1. The van der Waals surface area contributed by atoms with Gasteiger partial charge in [-0.3, -0.25) is 9.36 Å². The molecule has 1 aromatic rings. The first kappa shape index (κ1) is 12.8. The van der Waals surface area contributed by atoms with E-state index < -0.39 is 5.97 Å². The van der Waals surface area contributed by atoms with Crippen molar-refractivity contribution < 1.29 is 9.90 Å². The van der Waals surface area contributed by atoms with Gasteiger partial charge in [0.1, 0.15) is 0 Å². The van der Waals surface area contributed by atoms with Gasteiger partial charge in [0.05, 0.1) is 5.75 Å². The van der Waals surface area contributed by atoms with Crippen LogP contribution in [0.5, 0.6) is 0 Å². The predicted octanol–water partition coefficient (Wildman–Crippen LogP) is -0.401. The van der Waals surface area contributed by atoms with E-state index in [1.54, 1.807) is 4.57 Å². The van der Waals surface area contributed by atoms with Crippen LogP contribution in [0.4, 0.5) is 5.95 Å². The molecule has 1 heterocycles. The first-order valence-electron chi connectivity index (χ1n) is 4.68. The van der Waals surface area contributed by atoms with Gasteiger partial charge in [0.15, 0.2) is 5.16 Å². The van der Waals surface area contributed by atoms with Crippen LogP contribution in [0.2, 0.25) is 0 Å². The Bertz CT molecular complexity index is 365. The lowest BCUT2D eigenvalue weighted by molar-refractivity contribution is -0.133. The van der Waals surface area contributed by atoms with Crippen molar-refractivity contribution in [3.63, 3.8) is 0 Å². The quantitative estimate of drug-likeness (QED) is 0.658. The first-order valence-corrected chi connectivity index (χ1v) is 5.67. The molecule has 7 nitrogen and oxygen atoms in total. The number of carboxylic acid groups (broad SMARTS) is 1. The van der Waals surface area contributed by atoms with Crippen molar-refractivity contribution in [2.24, 2.45) is 0 Å². The molecule has 0 aromatic carbocycles. The molecule has 0 bridgehead atoms. The number of hydrogen-bond donors (Lipinski definition) is 2. The molecule has 0 saturated carbocycles. The molecule has 0 atom stereocenters. The second kappa shape index (κ2) is 5.71. The number of rotatable bonds is 6. The number of thioether (sulfide) groups is 1. The van der Waals surface area contributed by atoms with Crippen LogP contribution in [-0.2, 0) is 11.3 Å². The highest BCUT2D eigenvalue weighted by Gasteiger charge is 2.11. The standard InChI is InChI=1S/C8H15N5O2S/c1-12(2)3-4-13-7(9)10-11-8(13)16-5-6(14)15/h3-5H2,1-2H3,(H2,9,10)(H,14,15). The van der Waals surface area contributed by atoms with E-state index in [1.165, 1.54) is 0 Å². The Morgan fingerprint density at radius 3 is 2.81 bits per heavy atom. The summed E-state index contributed by atoms with van der Waals surface area (Å²) >= 11 is 1.12. The lowest BCUT2D eigenvalue weighted by Crippen LogP contribution is -2.20. The van der Waals surface area contributed by atoms with Gasteiger partial charge in [-0.25, -0.2) is 0 Å². The van der Waals surface area contributed by atoms with Gasteiger partial charge in [-0.2, -0.15) is 0 Å². The molecule has 1 aromatic heterocycles. The zero-order chi connectivity index (χ0) is 12.1. The number of hydrogen-bond acceptors (Lipinski definition) is 6. The fraction of sp³-hybridized carbons (Fsp3) is 0.625. The van der Waals surface area contributed by atoms with Gasteiger partial charge in [-0.1, -0.05) is 11.8 Å². The topological polar surface area (TPSA) is 97.3 Å². The third-order valence-corrected chi connectivity index (χ3v) is 2.79. The summed E-state index contributed by atoms with van der Waals surface area (Å²) in [4.78, 5) is 12.4. The van der Waals surface area contributed by atoms with E-state index >= 15 is 0 Å². The molecule has 16 heavy (non-hydrogen) atoms. The highest BCUT2D eigenvalue weighted by molar-refractivity contribution is 7.99. The summed E-state index contributed by atoms with van der Waals surface area (Å²) in [5.41, 5.74) is 5.64. The molecule has 8 heteroatoms. The van der Waals surface area contributed by atoms with Crippen LogP contribution in [-0.4, -0.2) is 57.1 Å². The maximum Gasteiger partial charge on any atom is 0.313 e. The number of aliphatic carboxylic acids is 1. The van der Waals surface area contributed by atoms with Crippen LogP contribution in [0.1, 0.15) is 0 Å². The Morgan fingerprint density at radius 2 is 2.25 bits per heavy atom. The summed E-state index contributed by atoms with van der Waals surface area (Å²) < 4.78 is 1.72. The number of carboxylic acids is 1. The summed E-state index contributed by atoms with van der Waals surface area (Å²) in [5, 5.41) is 16.7. The van der Waals surface area contributed by atoms with E-state index in [0.717, 1.165) is 18.3 Å². The highest BCUT2D eigenvalue weighted by Crippen LogP contribution is 2.17. The van der Waals surface area contributed by atoms with Crippen molar-refractivity contribution in [3.8, 4) is 0 Å². The molecule has 0 radical (unpaired) electrons. The minimum Gasteiger partial charge on any atom is -0.481 e. The van der Waals surface area contributed by atoms with Gasteiger partial charge < -0.3 is 15.7 Å². The highest BCUT2D eigenvalue weighted by atomic mass is 32.2. The molecular formula is C8H15N5O2S. The van der Waals surface area contributed by atoms with E-state index in [9.17, 15) is 4.79 Å². The third kappa shape index (κ3) is 3.70. The zero-order valence-corrected chi connectivity index (χ0v) is 10.1. The summed E-state index contributed by atoms with van der Waals surface area (Å²) in [6.07, 6.45) is 0. The number of aromatic nitrogens is 3. The fourth-order valence-corrected chi connectivity index (χ4v) is 1.74. The van der Waals surface area contributed by atoms with E-state index in [4.69, 9.17) is 10.8 Å². The Balaban J connectivity index is 2.65. The minimum absolute atomic E-state index is 0.0416. The van der Waals surface area contributed by atoms with Crippen molar-refractivity contribution in [2.75, 3.05) is 32.1 Å². The van der Waals surface area contributed by atoms with E-state index in [1.807, 2.05) is 19.0 Å². The van der Waals surface area contributed by atoms with Crippen molar-refractivity contribution in [1.82, 2.24) is 19.7 Å². The predicted molar refractivity (Wildman–Crippen MR) is 61.3 cm³/mol. The number of nitrogens with zero attached hydrogens (tertiary/aromatic N) is 4. The molecule has 0 aliphatic rings. The largest absolute Gasteiger partial charge is 0.481 e. The lowest BCUT2D eigenvalue weighted by Gasteiger charge is -2.11. The van der Waals surface area contributed by atoms with E-state index in [-0.39, 0.29) is 5.75 Å². The molecule has 90 valence electrons. The molecule has 0 saturated heterocycles. The average Bonchev–Trinajstić information content (AvgIpc) is 2.53. The van der Waals surface area contributed by atoms with E-state index in [0.29, 0.717) is 17.6 Å². The lowest BCUT2D eigenvalue weighted by atomic mass is 10.6. The summed E-state index contributed by atoms with van der Waals surface area (Å²) in [6, 6.07) is 0. The van der Waals surface area contributed by atoms with Crippen LogP contribution >= 0.6 is 11.8 Å². The summed E-state index contributed by atoms with van der Waals surface area (Å²) in [7, 11) is 3.90. The van der Waals surface area contributed by atoms with Gasteiger partial charge in [-0.15, -0.1) is 10.2 Å². The molecule has 0 amide bonds. The molecule has 0 unspecified atom stereocenters. The SMILES string of the molecule is CN(C)CCn1c(N)nnc1SCC(=O)O. The fourth-order valence-electron chi connectivity index (χ4n) is 1.04. The Morgan fingerprint density at radius 1 is 1.56 bits per heavy atom. The average molecular weight is 245 g/mol. The van der Waals surface area contributed by atoms with Gasteiger partial charge in [0, 0.05) is 13.1 Å². The number of anilines is 1. The summed E-state index contributed by atoms with van der Waals surface area (Å²) in [6.45, 7) is 1.44. The van der Waals surface area contributed by atoms with Crippen LogP contribution in [0, 0.1) is 0 Å². The molecule has 3 N–H and O–H groups in total. The molecule has 0 aliphatic carbocycles. The second-order valence-electron chi connectivity index (χ2n) is 3.48. The molecule has 0 spiro atoms. The summed E-state index contributed by atoms with van der Waals surface area (Å²) in [5.74, 6) is -0.611. The van der Waals surface area contributed by atoms with Crippen molar-refractivity contribution >= 4 is 23.7 Å². The number of carbonyl (C=O) groups is 1. The minimum atomic E-state index is -0.884. The number of nitrogen functional groups attached to an aromatic ring is 1. The normalized spacial score (nSPS) is 10.9. The molecule has 1 rings (SSSR count). The van der Waals surface area contributed by atoms with Crippen molar-refractivity contribution in [3.05, 3.63) is 0 Å². The smallest absolute Gasteiger partial charge is 0.313 e. The number of likely N-dealkylation sites (N-methyl/N-ethyl adjacent to an activating group) is 1. The Labute approximate surface area is 97.6 Å². The maximum atomic E-state index is 10.4. The van der Waals surface area contributed by atoms with Gasteiger partial charge >= 0.3 is 5.97 Å².